The van der Waals surface area contributed by atoms with Gasteiger partial charge in [-0.15, -0.1) is 0 Å². The molecule has 0 aliphatic rings. The number of benzene rings is 3. The Hall–Kier alpha value is -1.93. The molecule has 3 aromatic carbocycles. The summed E-state index contributed by atoms with van der Waals surface area (Å²) in [5.74, 6) is 0. The lowest BCUT2D eigenvalue weighted by Gasteiger charge is -2.38. The summed E-state index contributed by atoms with van der Waals surface area (Å²) in [7, 11) is 5.27. The monoisotopic (exact) mass is 274 g/mol. The predicted molar refractivity (Wildman–Crippen MR) is 87.5 cm³/mol. The van der Waals surface area contributed by atoms with Crippen LogP contribution in [0.4, 0.5) is 0 Å². The molecule has 2 radical (unpaired) electrons. The second kappa shape index (κ2) is 5.60. The highest BCUT2D eigenvalue weighted by atomic mass is 32.3. The third-order valence-corrected chi connectivity index (χ3v) is 6.39. The van der Waals surface area contributed by atoms with E-state index in [0.717, 1.165) is 0 Å². The first-order valence-electron chi connectivity index (χ1n) is 6.58. The van der Waals surface area contributed by atoms with E-state index in [4.69, 9.17) is 7.12 Å². The summed E-state index contributed by atoms with van der Waals surface area (Å²) in [6.07, 6.45) is 0. The molecule has 0 amide bonds. The lowest BCUT2D eigenvalue weighted by atomic mass is 10.4. The SMILES string of the molecule is [B]S(c1ccccc1)(c1ccccc1)c1ccccc1. The molecule has 0 bridgehead atoms. The molecule has 0 nitrogen and oxygen atoms in total. The third kappa shape index (κ3) is 2.27. The molecule has 3 aromatic rings. The van der Waals surface area contributed by atoms with Crippen molar-refractivity contribution in [3.8, 4) is 0 Å². The molecule has 0 N–H and O–H groups in total. The van der Waals surface area contributed by atoms with Crippen molar-refractivity contribution in [3.05, 3.63) is 91.0 Å². The normalized spacial score (nSPS) is 12.0. The number of hydrogen-bond acceptors (Lipinski definition) is 0. The smallest absolute Gasteiger partial charge is 0.156 e. The maximum atomic E-state index is 6.95. The average molecular weight is 274 g/mol. The minimum absolute atomic E-state index is 1.18. The van der Waals surface area contributed by atoms with Crippen LogP contribution < -0.4 is 0 Å². The summed E-state index contributed by atoms with van der Waals surface area (Å²) in [6.45, 7) is 0. The van der Waals surface area contributed by atoms with Gasteiger partial charge in [0.25, 0.3) is 0 Å². The Kier molecular flexibility index (Phi) is 3.66. The largest absolute Gasteiger partial charge is 0.206 e. The van der Waals surface area contributed by atoms with E-state index in [1.54, 1.807) is 0 Å². The molecule has 0 heterocycles. The first-order chi connectivity index (χ1) is 9.82. The van der Waals surface area contributed by atoms with Crippen molar-refractivity contribution in [1.29, 1.82) is 0 Å². The van der Waals surface area contributed by atoms with Gasteiger partial charge in [-0.1, -0.05) is 91.0 Å². The zero-order valence-corrected chi connectivity index (χ0v) is 12.0. The van der Waals surface area contributed by atoms with E-state index in [2.05, 4.69) is 72.8 Å². The topological polar surface area (TPSA) is 0 Å². The maximum Gasteiger partial charge on any atom is 0.156 e. The van der Waals surface area contributed by atoms with Gasteiger partial charge < -0.3 is 0 Å². The molecule has 0 atom stereocenters. The van der Waals surface area contributed by atoms with E-state index in [1.807, 2.05) is 18.2 Å². The Morgan fingerprint density at radius 1 is 0.450 bits per heavy atom. The van der Waals surface area contributed by atoms with E-state index < -0.39 is 9.88 Å². The highest BCUT2D eigenvalue weighted by molar-refractivity contribution is 8.50. The molecule has 0 aliphatic heterocycles. The van der Waals surface area contributed by atoms with Gasteiger partial charge in [0.1, 0.15) is 0 Å². The number of rotatable bonds is 3. The minimum atomic E-state index is -1.68. The molecule has 0 aliphatic carbocycles. The molecule has 0 saturated carbocycles. The molecular weight excluding hydrogens is 259 g/mol. The minimum Gasteiger partial charge on any atom is -0.206 e. The van der Waals surface area contributed by atoms with Crippen LogP contribution in [0.25, 0.3) is 0 Å². The molecule has 2 heteroatoms. The summed E-state index contributed by atoms with van der Waals surface area (Å²) in [6, 6.07) is 31.1. The van der Waals surface area contributed by atoms with Crippen molar-refractivity contribution >= 4 is 17.0 Å². The molecule has 0 unspecified atom stereocenters. The van der Waals surface area contributed by atoms with Gasteiger partial charge in [0, 0.05) is 0 Å². The molecule has 20 heavy (non-hydrogen) atoms. The number of hydrogen-bond donors (Lipinski definition) is 0. The van der Waals surface area contributed by atoms with E-state index in [1.165, 1.54) is 14.7 Å². The van der Waals surface area contributed by atoms with Crippen molar-refractivity contribution in [1.82, 2.24) is 0 Å². The van der Waals surface area contributed by atoms with Crippen molar-refractivity contribution in [3.63, 3.8) is 0 Å². The molecular formula is C18H15BS. The van der Waals surface area contributed by atoms with Crippen LogP contribution in [0.5, 0.6) is 0 Å². The summed E-state index contributed by atoms with van der Waals surface area (Å²) in [5.41, 5.74) is 0. The van der Waals surface area contributed by atoms with Crippen LogP contribution in [0.15, 0.2) is 106 Å². The standard InChI is InChI=1S/C18H15BS/c19-20(16-10-4-1-5-11-16,17-12-6-2-7-13-17)18-14-8-3-9-15-18/h1-15H. The van der Waals surface area contributed by atoms with Gasteiger partial charge in [0.05, 0.1) is 0 Å². The lowest BCUT2D eigenvalue weighted by molar-refractivity contribution is 1.32. The summed E-state index contributed by atoms with van der Waals surface area (Å²) in [5, 5.41) is 0. The quantitative estimate of drug-likeness (QED) is 0.586. The highest BCUT2D eigenvalue weighted by Gasteiger charge is 2.24. The van der Waals surface area contributed by atoms with Crippen LogP contribution in [-0.4, -0.2) is 7.12 Å². The average Bonchev–Trinajstić information content (AvgIpc) is 2.56. The summed E-state index contributed by atoms with van der Waals surface area (Å²) >= 11 is 0. The maximum absolute atomic E-state index is 6.95. The first kappa shape index (κ1) is 13.1. The molecule has 0 aromatic heterocycles. The predicted octanol–water partition coefficient (Wildman–Crippen LogP) is 5.05. The van der Waals surface area contributed by atoms with E-state index in [0.29, 0.717) is 0 Å². The van der Waals surface area contributed by atoms with Gasteiger partial charge in [-0.25, -0.2) is 9.88 Å². The van der Waals surface area contributed by atoms with Gasteiger partial charge >= 0.3 is 0 Å². The van der Waals surface area contributed by atoms with Crippen LogP contribution in [0.3, 0.4) is 0 Å². The van der Waals surface area contributed by atoms with Gasteiger partial charge in [-0.3, -0.25) is 0 Å². The Balaban J connectivity index is 2.24. The van der Waals surface area contributed by atoms with Gasteiger partial charge in [0.2, 0.25) is 0 Å². The van der Waals surface area contributed by atoms with Gasteiger partial charge in [-0.05, 0) is 14.7 Å². The Bertz CT molecular complexity index is 569. The Labute approximate surface area is 123 Å². The van der Waals surface area contributed by atoms with Crippen molar-refractivity contribution in [2.45, 2.75) is 14.7 Å². The molecule has 0 spiro atoms. The fourth-order valence-electron chi connectivity index (χ4n) is 2.31. The second-order valence-corrected chi connectivity index (χ2v) is 7.33. The van der Waals surface area contributed by atoms with Gasteiger partial charge in [-0.2, -0.15) is 0 Å². The fourth-order valence-corrected chi connectivity index (χ4v) is 4.89. The van der Waals surface area contributed by atoms with Crippen LogP contribution in [0.1, 0.15) is 0 Å². The summed E-state index contributed by atoms with van der Waals surface area (Å²) < 4.78 is 0. The molecule has 0 fully saturated rings. The van der Waals surface area contributed by atoms with E-state index in [-0.39, 0.29) is 0 Å². The highest BCUT2D eigenvalue weighted by Crippen LogP contribution is 2.64. The van der Waals surface area contributed by atoms with E-state index in [9.17, 15) is 0 Å². The van der Waals surface area contributed by atoms with Gasteiger partial charge in [0.15, 0.2) is 7.12 Å². The Morgan fingerprint density at radius 3 is 0.950 bits per heavy atom. The zero-order valence-electron chi connectivity index (χ0n) is 11.1. The first-order valence-corrected chi connectivity index (χ1v) is 8.28. The van der Waals surface area contributed by atoms with Crippen LogP contribution in [0, 0.1) is 0 Å². The lowest BCUT2D eigenvalue weighted by Crippen LogP contribution is -2.02. The fraction of sp³-hybridized carbons (Fsp3) is 0. The van der Waals surface area contributed by atoms with Crippen molar-refractivity contribution in [2.24, 2.45) is 0 Å². The molecule has 96 valence electrons. The molecule has 3 rings (SSSR count). The second-order valence-electron chi connectivity index (χ2n) is 4.60. The third-order valence-electron chi connectivity index (χ3n) is 3.34. The molecule has 0 saturated heterocycles. The van der Waals surface area contributed by atoms with Crippen LogP contribution >= 0.6 is 9.88 Å². The van der Waals surface area contributed by atoms with Crippen LogP contribution in [-0.2, 0) is 0 Å². The summed E-state index contributed by atoms with van der Waals surface area (Å²) in [4.78, 5) is 3.53. The van der Waals surface area contributed by atoms with Crippen LogP contribution in [0.2, 0.25) is 0 Å². The van der Waals surface area contributed by atoms with Crippen molar-refractivity contribution < 1.29 is 0 Å². The van der Waals surface area contributed by atoms with Crippen molar-refractivity contribution in [2.75, 3.05) is 0 Å². The Morgan fingerprint density at radius 2 is 0.700 bits per heavy atom. The van der Waals surface area contributed by atoms with E-state index >= 15 is 0 Å². The zero-order chi connectivity index (χ0) is 13.8.